The van der Waals surface area contributed by atoms with Gasteiger partial charge in [-0.25, -0.2) is 4.90 Å². The van der Waals surface area contributed by atoms with E-state index in [-0.39, 0.29) is 0 Å². The molecule has 0 radical (unpaired) electrons. The fraction of sp³-hybridized carbons (Fsp3) is 1.00. The standard InChI is InChI=1S/C4H7F2N/c5-4(6)7-2-1-3-7/h4H,1-3H2. The van der Waals surface area contributed by atoms with Gasteiger partial charge in [0.2, 0.25) is 0 Å². The van der Waals surface area contributed by atoms with E-state index < -0.39 is 6.55 Å². The maximum atomic E-state index is 11.4. The van der Waals surface area contributed by atoms with Crippen LogP contribution in [0.3, 0.4) is 0 Å². The van der Waals surface area contributed by atoms with E-state index >= 15 is 0 Å². The number of hydrogen-bond acceptors (Lipinski definition) is 1. The predicted molar refractivity (Wildman–Crippen MR) is 22.2 cm³/mol. The number of nitrogens with zero attached hydrogens (tertiary/aromatic N) is 1. The molecule has 42 valence electrons. The maximum Gasteiger partial charge on any atom is 0.294 e. The summed E-state index contributed by atoms with van der Waals surface area (Å²) in [6.45, 7) is -1.05. The summed E-state index contributed by atoms with van der Waals surface area (Å²) in [6.07, 6.45) is 0.935. The molecular weight excluding hydrogens is 100 g/mol. The van der Waals surface area contributed by atoms with E-state index in [1.54, 1.807) is 0 Å². The molecule has 0 aromatic carbocycles. The van der Waals surface area contributed by atoms with E-state index in [4.69, 9.17) is 0 Å². The SMILES string of the molecule is FC(F)N1CCC1. The van der Waals surface area contributed by atoms with Crippen molar-refractivity contribution >= 4 is 0 Å². The molecule has 0 N–H and O–H groups in total. The van der Waals surface area contributed by atoms with Crippen molar-refractivity contribution in [3.8, 4) is 0 Å². The van der Waals surface area contributed by atoms with Gasteiger partial charge in [0.05, 0.1) is 0 Å². The fourth-order valence-corrected chi connectivity index (χ4v) is 0.536. The minimum Gasteiger partial charge on any atom is -0.247 e. The summed E-state index contributed by atoms with van der Waals surface area (Å²) >= 11 is 0. The fourth-order valence-electron chi connectivity index (χ4n) is 0.536. The Morgan fingerprint density at radius 2 is 1.86 bits per heavy atom. The summed E-state index contributed by atoms with van der Waals surface area (Å²) in [5.74, 6) is 0. The first-order chi connectivity index (χ1) is 3.30. The smallest absolute Gasteiger partial charge is 0.247 e. The number of halogens is 2. The molecule has 1 saturated heterocycles. The van der Waals surface area contributed by atoms with Gasteiger partial charge in [-0.3, -0.25) is 0 Å². The van der Waals surface area contributed by atoms with Crippen LogP contribution in [0.25, 0.3) is 0 Å². The van der Waals surface area contributed by atoms with Crippen LogP contribution in [0, 0.1) is 0 Å². The van der Waals surface area contributed by atoms with E-state index in [2.05, 4.69) is 0 Å². The van der Waals surface area contributed by atoms with Gasteiger partial charge in [-0.1, -0.05) is 0 Å². The van der Waals surface area contributed by atoms with Crippen molar-refractivity contribution < 1.29 is 8.78 Å². The highest BCUT2D eigenvalue weighted by molar-refractivity contribution is 4.65. The van der Waals surface area contributed by atoms with Crippen LogP contribution in [0.5, 0.6) is 0 Å². The van der Waals surface area contributed by atoms with E-state index in [1.807, 2.05) is 0 Å². The van der Waals surface area contributed by atoms with Crippen molar-refractivity contribution in [1.82, 2.24) is 4.90 Å². The van der Waals surface area contributed by atoms with E-state index in [1.165, 1.54) is 0 Å². The third-order valence-corrected chi connectivity index (χ3v) is 1.17. The molecule has 0 bridgehead atoms. The van der Waals surface area contributed by atoms with Crippen molar-refractivity contribution in [2.75, 3.05) is 13.1 Å². The lowest BCUT2D eigenvalue weighted by Gasteiger charge is -2.28. The van der Waals surface area contributed by atoms with Gasteiger partial charge in [0.1, 0.15) is 0 Å². The summed E-state index contributed by atoms with van der Waals surface area (Å²) in [5.41, 5.74) is 0. The molecule has 0 atom stereocenters. The van der Waals surface area contributed by atoms with Crippen molar-refractivity contribution in [2.24, 2.45) is 0 Å². The number of likely N-dealkylation sites (tertiary alicyclic amines) is 1. The Labute approximate surface area is 40.9 Å². The maximum absolute atomic E-state index is 11.4. The van der Waals surface area contributed by atoms with Crippen LogP contribution < -0.4 is 0 Å². The Morgan fingerprint density at radius 3 is 1.86 bits per heavy atom. The van der Waals surface area contributed by atoms with Gasteiger partial charge in [-0.05, 0) is 6.42 Å². The van der Waals surface area contributed by atoms with Crippen molar-refractivity contribution in [3.05, 3.63) is 0 Å². The molecule has 1 aliphatic rings. The van der Waals surface area contributed by atoms with Crippen LogP contribution in [0.15, 0.2) is 0 Å². The van der Waals surface area contributed by atoms with Gasteiger partial charge in [0.15, 0.2) is 0 Å². The molecule has 0 aromatic heterocycles. The number of hydrogen-bond donors (Lipinski definition) is 0. The summed E-state index contributed by atoms with van der Waals surface area (Å²) in [7, 11) is 0. The predicted octanol–water partition coefficient (Wildman–Crippen LogP) is 0.915. The van der Waals surface area contributed by atoms with Crippen molar-refractivity contribution in [1.29, 1.82) is 0 Å². The van der Waals surface area contributed by atoms with Crippen LogP contribution >= 0.6 is 0 Å². The van der Waals surface area contributed by atoms with Gasteiger partial charge < -0.3 is 0 Å². The topological polar surface area (TPSA) is 3.24 Å². The van der Waals surface area contributed by atoms with E-state index in [9.17, 15) is 8.78 Å². The Hall–Kier alpha value is -0.180. The quantitative estimate of drug-likeness (QED) is 0.450. The molecular formula is C4H7F2N. The third kappa shape index (κ3) is 0.881. The summed E-state index contributed by atoms with van der Waals surface area (Å²) in [6, 6.07) is 0. The average Bonchev–Trinajstić information content (AvgIpc) is 1.23. The first kappa shape index (κ1) is 4.97. The minimum atomic E-state index is -2.21. The molecule has 0 unspecified atom stereocenters. The Balaban J connectivity index is 2.14. The van der Waals surface area contributed by atoms with Crippen LogP contribution in [-0.2, 0) is 0 Å². The van der Waals surface area contributed by atoms with Gasteiger partial charge in [-0.2, -0.15) is 8.78 Å². The van der Waals surface area contributed by atoms with Crippen LogP contribution in [0.2, 0.25) is 0 Å². The molecule has 1 nitrogen and oxygen atoms in total. The highest BCUT2D eigenvalue weighted by atomic mass is 19.3. The second kappa shape index (κ2) is 1.74. The monoisotopic (exact) mass is 107 g/mol. The first-order valence-corrected chi connectivity index (χ1v) is 2.33. The molecule has 0 aliphatic carbocycles. The first-order valence-electron chi connectivity index (χ1n) is 2.33. The lowest BCUT2D eigenvalue weighted by atomic mass is 10.2. The van der Waals surface area contributed by atoms with E-state index in [0.717, 1.165) is 11.3 Å². The Bertz CT molecular complexity index is 60.7. The lowest BCUT2D eigenvalue weighted by molar-refractivity contribution is -0.0619. The molecule has 0 saturated carbocycles. The third-order valence-electron chi connectivity index (χ3n) is 1.17. The van der Waals surface area contributed by atoms with Gasteiger partial charge in [0, 0.05) is 13.1 Å². The number of alkyl halides is 2. The van der Waals surface area contributed by atoms with E-state index in [0.29, 0.717) is 13.1 Å². The summed E-state index contributed by atoms with van der Waals surface area (Å²) in [5, 5.41) is 0. The molecule has 3 heteroatoms. The molecule has 1 aliphatic heterocycles. The van der Waals surface area contributed by atoms with Gasteiger partial charge in [0.25, 0.3) is 6.55 Å². The van der Waals surface area contributed by atoms with Crippen LogP contribution in [-0.4, -0.2) is 24.5 Å². The normalized spacial score (nSPS) is 22.7. The van der Waals surface area contributed by atoms with Crippen LogP contribution in [0.4, 0.5) is 8.78 Å². The average molecular weight is 107 g/mol. The van der Waals surface area contributed by atoms with Crippen molar-refractivity contribution in [3.63, 3.8) is 0 Å². The molecule has 1 heterocycles. The van der Waals surface area contributed by atoms with Gasteiger partial charge in [-0.15, -0.1) is 0 Å². The largest absolute Gasteiger partial charge is 0.294 e. The highest BCUT2D eigenvalue weighted by Gasteiger charge is 2.21. The van der Waals surface area contributed by atoms with Crippen LogP contribution in [0.1, 0.15) is 6.42 Å². The zero-order valence-corrected chi connectivity index (χ0v) is 3.90. The number of rotatable bonds is 1. The Kier molecular flexibility index (Phi) is 1.23. The second-order valence-electron chi connectivity index (χ2n) is 1.67. The molecule has 1 rings (SSSR count). The summed E-state index contributed by atoms with van der Waals surface area (Å²) < 4.78 is 22.8. The molecule has 7 heavy (non-hydrogen) atoms. The van der Waals surface area contributed by atoms with Crippen molar-refractivity contribution in [2.45, 2.75) is 13.0 Å². The van der Waals surface area contributed by atoms with Gasteiger partial charge >= 0.3 is 0 Å². The molecule has 1 fully saturated rings. The zero-order chi connectivity index (χ0) is 5.28. The Morgan fingerprint density at radius 1 is 1.29 bits per heavy atom. The summed E-state index contributed by atoms with van der Waals surface area (Å²) in [4.78, 5) is 1.14. The minimum absolute atomic E-state index is 0.581. The molecule has 0 amide bonds. The molecule has 0 spiro atoms. The zero-order valence-electron chi connectivity index (χ0n) is 3.90. The second-order valence-corrected chi connectivity index (χ2v) is 1.67. The highest BCUT2D eigenvalue weighted by Crippen LogP contribution is 2.11. The lowest BCUT2D eigenvalue weighted by Crippen LogP contribution is -2.40. The molecule has 0 aromatic rings.